The first-order valence-electron chi connectivity index (χ1n) is 6.01. The summed E-state index contributed by atoms with van der Waals surface area (Å²) in [6, 6.07) is 0.748. The van der Waals surface area contributed by atoms with Crippen molar-refractivity contribution in [2.24, 2.45) is 5.41 Å². The molecule has 0 aromatic heterocycles. The molecule has 0 amide bonds. The molecule has 2 unspecified atom stereocenters. The van der Waals surface area contributed by atoms with Crippen molar-refractivity contribution in [1.29, 1.82) is 0 Å². The fourth-order valence-electron chi connectivity index (χ4n) is 2.48. The molecule has 1 fully saturated rings. The first-order chi connectivity index (χ1) is 7.11. The Morgan fingerprint density at radius 2 is 2.27 bits per heavy atom. The lowest BCUT2D eigenvalue weighted by Gasteiger charge is -2.34. The molecule has 3 heteroatoms. The Morgan fingerprint density at radius 3 is 2.73 bits per heavy atom. The molecule has 1 aliphatic rings. The third-order valence-electron chi connectivity index (χ3n) is 3.54. The predicted octanol–water partition coefficient (Wildman–Crippen LogP) is 2.06. The van der Waals surface area contributed by atoms with Crippen LogP contribution >= 0.6 is 11.8 Å². The lowest BCUT2D eigenvalue weighted by atomic mass is 9.89. The van der Waals surface area contributed by atoms with E-state index in [1.807, 2.05) is 11.8 Å². The molecule has 0 spiro atoms. The minimum absolute atomic E-state index is 0.501. The van der Waals surface area contributed by atoms with Crippen LogP contribution in [0.15, 0.2) is 0 Å². The third kappa shape index (κ3) is 3.97. The van der Waals surface area contributed by atoms with Crippen LogP contribution in [0.3, 0.4) is 0 Å². The normalized spacial score (nSPS) is 28.6. The van der Waals surface area contributed by atoms with E-state index in [-0.39, 0.29) is 0 Å². The number of hydrogen-bond acceptors (Lipinski definition) is 3. The van der Waals surface area contributed by atoms with E-state index in [0.717, 1.165) is 6.04 Å². The van der Waals surface area contributed by atoms with Gasteiger partial charge in [0.2, 0.25) is 0 Å². The van der Waals surface area contributed by atoms with E-state index in [1.165, 1.54) is 38.2 Å². The second-order valence-electron chi connectivity index (χ2n) is 5.17. The maximum absolute atomic E-state index is 3.48. The summed E-state index contributed by atoms with van der Waals surface area (Å²) in [5.74, 6) is 1.26. The van der Waals surface area contributed by atoms with Crippen molar-refractivity contribution in [2.45, 2.75) is 32.7 Å². The van der Waals surface area contributed by atoms with Gasteiger partial charge in [-0.3, -0.25) is 0 Å². The van der Waals surface area contributed by atoms with Crippen LogP contribution in [0.2, 0.25) is 0 Å². The fraction of sp³-hybridized carbons (Fsp3) is 1.00. The molecule has 90 valence electrons. The van der Waals surface area contributed by atoms with Gasteiger partial charge in [0, 0.05) is 24.9 Å². The van der Waals surface area contributed by atoms with Crippen molar-refractivity contribution in [3.8, 4) is 0 Å². The number of thioether (sulfide) groups is 1. The van der Waals surface area contributed by atoms with Gasteiger partial charge in [0.05, 0.1) is 0 Å². The molecule has 0 radical (unpaired) electrons. The van der Waals surface area contributed by atoms with Crippen LogP contribution in [-0.4, -0.2) is 49.6 Å². The second-order valence-corrected chi connectivity index (χ2v) is 6.08. The number of rotatable bonds is 6. The molecule has 1 rings (SSSR count). The molecule has 0 saturated carbocycles. The smallest absolute Gasteiger partial charge is 0.0180 e. The Bertz CT molecular complexity index is 178. The Balaban J connectivity index is 2.41. The van der Waals surface area contributed by atoms with Crippen LogP contribution in [0.4, 0.5) is 0 Å². The van der Waals surface area contributed by atoms with Gasteiger partial charge in [-0.05, 0) is 38.1 Å². The maximum atomic E-state index is 3.48. The Kier molecular flexibility index (Phi) is 5.44. The Hall–Kier alpha value is 0.270. The molecule has 2 nitrogen and oxygen atoms in total. The van der Waals surface area contributed by atoms with E-state index in [0.29, 0.717) is 5.41 Å². The average molecular weight is 230 g/mol. The van der Waals surface area contributed by atoms with Gasteiger partial charge in [0.15, 0.2) is 0 Å². The molecule has 0 aliphatic carbocycles. The summed E-state index contributed by atoms with van der Waals surface area (Å²) in [5.41, 5.74) is 0.501. The summed E-state index contributed by atoms with van der Waals surface area (Å²) in [4.78, 5) is 2.56. The van der Waals surface area contributed by atoms with Crippen LogP contribution < -0.4 is 5.32 Å². The summed E-state index contributed by atoms with van der Waals surface area (Å²) in [5, 5.41) is 3.48. The molecule has 1 N–H and O–H groups in total. The van der Waals surface area contributed by atoms with Gasteiger partial charge in [0.25, 0.3) is 0 Å². The average Bonchev–Trinajstić information content (AvgIpc) is 2.60. The predicted molar refractivity (Wildman–Crippen MR) is 70.7 cm³/mol. The summed E-state index contributed by atoms with van der Waals surface area (Å²) in [6.07, 6.45) is 4.79. The van der Waals surface area contributed by atoms with Gasteiger partial charge < -0.3 is 10.2 Å². The molecule has 1 heterocycles. The number of hydrogen-bond donors (Lipinski definition) is 1. The molecule has 2 atom stereocenters. The molecular weight excluding hydrogens is 204 g/mol. The van der Waals surface area contributed by atoms with Crippen LogP contribution in [0.25, 0.3) is 0 Å². The lowest BCUT2D eigenvalue weighted by molar-refractivity contribution is 0.168. The molecule has 1 aliphatic heterocycles. The first-order valence-corrected chi connectivity index (χ1v) is 7.40. The van der Waals surface area contributed by atoms with Gasteiger partial charge >= 0.3 is 0 Å². The number of nitrogens with zero attached hydrogens (tertiary/aromatic N) is 1. The molecule has 15 heavy (non-hydrogen) atoms. The van der Waals surface area contributed by atoms with Crippen molar-refractivity contribution in [3.63, 3.8) is 0 Å². The van der Waals surface area contributed by atoms with Gasteiger partial charge in [-0.15, -0.1) is 0 Å². The second kappa shape index (κ2) is 6.12. The van der Waals surface area contributed by atoms with Gasteiger partial charge in [-0.25, -0.2) is 0 Å². The Labute approximate surface area is 99.2 Å². The highest BCUT2D eigenvalue weighted by Gasteiger charge is 2.31. The van der Waals surface area contributed by atoms with Crippen LogP contribution in [0.5, 0.6) is 0 Å². The summed E-state index contributed by atoms with van der Waals surface area (Å²) >= 11 is 1.96. The van der Waals surface area contributed by atoms with E-state index in [4.69, 9.17) is 0 Å². The monoisotopic (exact) mass is 230 g/mol. The van der Waals surface area contributed by atoms with Crippen molar-refractivity contribution in [2.75, 3.05) is 38.7 Å². The molecule has 0 aromatic carbocycles. The Morgan fingerprint density at radius 1 is 1.53 bits per heavy atom. The molecule has 1 saturated heterocycles. The highest BCUT2D eigenvalue weighted by atomic mass is 32.2. The van der Waals surface area contributed by atoms with E-state index in [9.17, 15) is 0 Å². The van der Waals surface area contributed by atoms with Crippen molar-refractivity contribution in [1.82, 2.24) is 10.2 Å². The highest BCUT2D eigenvalue weighted by molar-refractivity contribution is 7.98. The molecule has 0 aromatic rings. The topological polar surface area (TPSA) is 15.3 Å². The quantitative estimate of drug-likeness (QED) is 0.752. The standard InChI is InChI=1S/C12H26N2S/c1-5-11(8-15-4)14(3)10-12(2)6-7-13-9-12/h11,13H,5-10H2,1-4H3. The van der Waals surface area contributed by atoms with Crippen LogP contribution in [0, 0.1) is 5.41 Å². The number of nitrogens with one attached hydrogen (secondary N) is 1. The van der Waals surface area contributed by atoms with E-state index in [2.05, 4.69) is 37.4 Å². The SMILES string of the molecule is CCC(CSC)N(C)CC1(C)CCNC1. The zero-order chi connectivity index (χ0) is 11.3. The summed E-state index contributed by atoms with van der Waals surface area (Å²) < 4.78 is 0. The zero-order valence-electron chi connectivity index (χ0n) is 10.7. The van der Waals surface area contributed by atoms with Gasteiger partial charge in [0.1, 0.15) is 0 Å². The maximum Gasteiger partial charge on any atom is 0.0180 e. The van der Waals surface area contributed by atoms with Crippen molar-refractivity contribution < 1.29 is 0 Å². The van der Waals surface area contributed by atoms with Crippen molar-refractivity contribution >= 4 is 11.8 Å². The zero-order valence-corrected chi connectivity index (χ0v) is 11.5. The fourth-order valence-corrected chi connectivity index (χ4v) is 3.36. The minimum atomic E-state index is 0.501. The largest absolute Gasteiger partial charge is 0.316 e. The van der Waals surface area contributed by atoms with Crippen molar-refractivity contribution in [3.05, 3.63) is 0 Å². The summed E-state index contributed by atoms with van der Waals surface area (Å²) in [7, 11) is 2.29. The third-order valence-corrected chi connectivity index (χ3v) is 4.26. The first kappa shape index (κ1) is 13.3. The van der Waals surface area contributed by atoms with E-state index >= 15 is 0 Å². The van der Waals surface area contributed by atoms with Gasteiger partial charge in [-0.2, -0.15) is 11.8 Å². The molecule has 0 bridgehead atoms. The van der Waals surface area contributed by atoms with E-state index in [1.54, 1.807) is 0 Å². The minimum Gasteiger partial charge on any atom is -0.316 e. The van der Waals surface area contributed by atoms with Crippen LogP contribution in [0.1, 0.15) is 26.7 Å². The molecular formula is C12H26N2S. The highest BCUT2D eigenvalue weighted by Crippen LogP contribution is 2.26. The summed E-state index contributed by atoms with van der Waals surface area (Å²) in [6.45, 7) is 8.33. The lowest BCUT2D eigenvalue weighted by Crippen LogP contribution is -2.41. The van der Waals surface area contributed by atoms with E-state index < -0.39 is 0 Å². The van der Waals surface area contributed by atoms with Gasteiger partial charge in [-0.1, -0.05) is 13.8 Å². The van der Waals surface area contributed by atoms with Crippen LogP contribution in [-0.2, 0) is 0 Å².